The molecule has 122 valence electrons. The van der Waals surface area contributed by atoms with Crippen LogP contribution in [0.25, 0.3) is 0 Å². The molecule has 5 nitrogen and oxygen atoms in total. The van der Waals surface area contributed by atoms with Gasteiger partial charge in [0.2, 0.25) is 11.8 Å². The monoisotopic (exact) mass is 297 g/mol. The second-order valence-corrected chi connectivity index (χ2v) is 5.90. The zero-order valence-electron chi connectivity index (χ0n) is 14.1. The van der Waals surface area contributed by atoms with Crippen LogP contribution < -0.4 is 0 Å². The van der Waals surface area contributed by atoms with Gasteiger partial charge in [0, 0.05) is 26.2 Å². The molecule has 1 saturated heterocycles. The van der Waals surface area contributed by atoms with E-state index in [1.807, 2.05) is 37.6 Å². The molecule has 0 N–H and O–H groups in total. The topological polar surface area (TPSA) is 43.9 Å². The highest BCUT2D eigenvalue weighted by molar-refractivity contribution is 5.83. The molecule has 0 aromatic carbocycles. The number of amides is 2. The summed E-state index contributed by atoms with van der Waals surface area (Å²) in [5.74, 6) is 0.254. The Morgan fingerprint density at radius 1 is 1.05 bits per heavy atom. The van der Waals surface area contributed by atoms with E-state index >= 15 is 0 Å². The Hall–Kier alpha value is -1.10. The fraction of sp³-hybridized carbons (Fsp3) is 0.875. The fourth-order valence-electron chi connectivity index (χ4n) is 2.77. The molecule has 0 saturated carbocycles. The van der Waals surface area contributed by atoms with Crippen molar-refractivity contribution in [1.29, 1.82) is 0 Å². The van der Waals surface area contributed by atoms with Gasteiger partial charge in [-0.3, -0.25) is 14.5 Å². The van der Waals surface area contributed by atoms with Gasteiger partial charge in [0.25, 0.3) is 0 Å². The van der Waals surface area contributed by atoms with Crippen molar-refractivity contribution in [3.63, 3.8) is 0 Å². The van der Waals surface area contributed by atoms with E-state index in [1.165, 1.54) is 12.8 Å². The molecular formula is C16H31N3O2. The van der Waals surface area contributed by atoms with Crippen molar-refractivity contribution >= 4 is 11.8 Å². The number of rotatable bonds is 6. The molecule has 1 fully saturated rings. The predicted molar refractivity (Wildman–Crippen MR) is 85.1 cm³/mol. The van der Waals surface area contributed by atoms with Crippen LogP contribution in [0.3, 0.4) is 0 Å². The van der Waals surface area contributed by atoms with Crippen molar-refractivity contribution in [3.8, 4) is 0 Å². The summed E-state index contributed by atoms with van der Waals surface area (Å²) in [4.78, 5) is 30.3. The molecule has 1 aliphatic heterocycles. The molecule has 1 heterocycles. The minimum atomic E-state index is -0.234. The van der Waals surface area contributed by atoms with Gasteiger partial charge >= 0.3 is 0 Å². The van der Waals surface area contributed by atoms with Crippen molar-refractivity contribution in [3.05, 3.63) is 0 Å². The van der Waals surface area contributed by atoms with Crippen LogP contribution in [0.5, 0.6) is 0 Å². The minimum absolute atomic E-state index is 0.0954. The molecular weight excluding hydrogens is 266 g/mol. The van der Waals surface area contributed by atoms with Gasteiger partial charge in [-0.05, 0) is 40.7 Å². The van der Waals surface area contributed by atoms with Crippen LogP contribution in [-0.2, 0) is 9.59 Å². The van der Waals surface area contributed by atoms with Gasteiger partial charge in [0.05, 0.1) is 12.6 Å². The molecule has 2 amide bonds. The largest absolute Gasteiger partial charge is 0.342 e. The fourth-order valence-corrected chi connectivity index (χ4v) is 2.77. The predicted octanol–water partition coefficient (Wildman–Crippen LogP) is 1.58. The molecule has 1 unspecified atom stereocenters. The summed E-state index contributed by atoms with van der Waals surface area (Å²) in [6.07, 6.45) is 4.63. The van der Waals surface area contributed by atoms with Gasteiger partial charge < -0.3 is 9.80 Å². The molecule has 1 rings (SSSR count). The SMILES string of the molecule is CCN(CC)C(=O)CN(C)C(C)C(=O)N1CCCCCC1. The third-order valence-electron chi connectivity index (χ3n) is 4.44. The molecule has 1 atom stereocenters. The zero-order chi connectivity index (χ0) is 15.8. The van der Waals surface area contributed by atoms with Gasteiger partial charge in [0.15, 0.2) is 0 Å². The van der Waals surface area contributed by atoms with E-state index in [2.05, 4.69) is 0 Å². The van der Waals surface area contributed by atoms with Crippen molar-refractivity contribution < 1.29 is 9.59 Å². The third kappa shape index (κ3) is 5.30. The van der Waals surface area contributed by atoms with E-state index in [4.69, 9.17) is 0 Å². The lowest BCUT2D eigenvalue weighted by Crippen LogP contribution is -2.49. The van der Waals surface area contributed by atoms with E-state index in [1.54, 1.807) is 4.90 Å². The van der Waals surface area contributed by atoms with Crippen LogP contribution in [0, 0.1) is 0 Å². The maximum absolute atomic E-state index is 12.5. The summed E-state index contributed by atoms with van der Waals surface area (Å²) in [7, 11) is 1.86. The Bertz CT molecular complexity index is 334. The molecule has 21 heavy (non-hydrogen) atoms. The van der Waals surface area contributed by atoms with E-state index in [0.717, 1.165) is 39.0 Å². The van der Waals surface area contributed by atoms with Crippen LogP contribution in [0.1, 0.15) is 46.5 Å². The van der Waals surface area contributed by atoms with Crippen LogP contribution in [0.15, 0.2) is 0 Å². The highest BCUT2D eigenvalue weighted by atomic mass is 16.2. The van der Waals surface area contributed by atoms with Crippen LogP contribution in [-0.4, -0.2) is 72.3 Å². The second-order valence-electron chi connectivity index (χ2n) is 5.90. The van der Waals surface area contributed by atoms with E-state index in [9.17, 15) is 9.59 Å². The van der Waals surface area contributed by atoms with Gasteiger partial charge in [-0.1, -0.05) is 12.8 Å². The standard InChI is InChI=1S/C16H31N3O2/c1-5-18(6-2)15(20)13-17(4)14(3)16(21)19-11-9-7-8-10-12-19/h14H,5-13H2,1-4H3. The lowest BCUT2D eigenvalue weighted by molar-refractivity contribution is -0.138. The first kappa shape index (κ1) is 18.0. The molecule has 0 bridgehead atoms. The summed E-state index contributed by atoms with van der Waals surface area (Å²) in [5, 5.41) is 0. The summed E-state index contributed by atoms with van der Waals surface area (Å²) in [5.41, 5.74) is 0. The average molecular weight is 297 g/mol. The van der Waals surface area contributed by atoms with Gasteiger partial charge in [0.1, 0.15) is 0 Å². The number of carbonyl (C=O) groups excluding carboxylic acids is 2. The first-order valence-electron chi connectivity index (χ1n) is 8.28. The number of nitrogens with zero attached hydrogens (tertiary/aromatic N) is 3. The van der Waals surface area contributed by atoms with Crippen LogP contribution in [0.4, 0.5) is 0 Å². The van der Waals surface area contributed by atoms with E-state index < -0.39 is 0 Å². The van der Waals surface area contributed by atoms with E-state index in [-0.39, 0.29) is 17.9 Å². The molecule has 0 aromatic rings. The minimum Gasteiger partial charge on any atom is -0.342 e. The normalized spacial score (nSPS) is 17.5. The first-order valence-corrected chi connectivity index (χ1v) is 8.28. The first-order chi connectivity index (χ1) is 10.0. The number of likely N-dealkylation sites (tertiary alicyclic amines) is 1. The maximum atomic E-state index is 12.5. The van der Waals surface area contributed by atoms with Gasteiger partial charge in [-0.2, -0.15) is 0 Å². The number of hydrogen-bond donors (Lipinski definition) is 0. The van der Waals surface area contributed by atoms with Crippen molar-refractivity contribution in [2.45, 2.75) is 52.5 Å². The maximum Gasteiger partial charge on any atom is 0.239 e. The van der Waals surface area contributed by atoms with Crippen LogP contribution >= 0.6 is 0 Å². The summed E-state index contributed by atoms with van der Waals surface area (Å²) >= 11 is 0. The highest BCUT2D eigenvalue weighted by Gasteiger charge is 2.26. The molecule has 0 aromatic heterocycles. The number of hydrogen-bond acceptors (Lipinski definition) is 3. The van der Waals surface area contributed by atoms with E-state index in [0.29, 0.717) is 6.54 Å². The Morgan fingerprint density at radius 2 is 1.57 bits per heavy atom. The van der Waals surface area contributed by atoms with Gasteiger partial charge in [-0.25, -0.2) is 0 Å². The molecule has 0 spiro atoms. The Kier molecular flexibility index (Phi) is 7.72. The molecule has 5 heteroatoms. The molecule has 0 aliphatic carbocycles. The summed E-state index contributed by atoms with van der Waals surface area (Å²) in [6.45, 7) is 9.34. The van der Waals surface area contributed by atoms with Crippen molar-refractivity contribution in [2.75, 3.05) is 39.8 Å². The van der Waals surface area contributed by atoms with Crippen LogP contribution in [0.2, 0.25) is 0 Å². The smallest absolute Gasteiger partial charge is 0.239 e. The lowest BCUT2D eigenvalue weighted by atomic mass is 10.2. The molecule has 1 aliphatic rings. The molecule has 0 radical (unpaired) electrons. The number of likely N-dealkylation sites (N-methyl/N-ethyl adjacent to an activating group) is 2. The third-order valence-corrected chi connectivity index (χ3v) is 4.44. The Labute approximate surface area is 129 Å². The number of carbonyl (C=O) groups is 2. The summed E-state index contributed by atoms with van der Waals surface area (Å²) in [6, 6.07) is -0.234. The van der Waals surface area contributed by atoms with Crippen molar-refractivity contribution in [2.24, 2.45) is 0 Å². The zero-order valence-corrected chi connectivity index (χ0v) is 14.1. The summed E-state index contributed by atoms with van der Waals surface area (Å²) < 4.78 is 0. The Morgan fingerprint density at radius 3 is 2.05 bits per heavy atom. The highest BCUT2D eigenvalue weighted by Crippen LogP contribution is 2.12. The lowest BCUT2D eigenvalue weighted by Gasteiger charge is -2.30. The Balaban J connectivity index is 2.53. The van der Waals surface area contributed by atoms with Gasteiger partial charge in [-0.15, -0.1) is 0 Å². The quantitative estimate of drug-likeness (QED) is 0.747. The average Bonchev–Trinajstić information content (AvgIpc) is 2.75. The second kappa shape index (κ2) is 9.03. The van der Waals surface area contributed by atoms with Crippen molar-refractivity contribution in [1.82, 2.24) is 14.7 Å².